The molecule has 0 aliphatic carbocycles. The molecule has 19 heavy (non-hydrogen) atoms. The summed E-state index contributed by atoms with van der Waals surface area (Å²) in [6, 6.07) is 4.57. The van der Waals surface area contributed by atoms with Crippen molar-refractivity contribution in [3.05, 3.63) is 41.5 Å². The van der Waals surface area contributed by atoms with E-state index in [1.165, 1.54) is 6.07 Å². The summed E-state index contributed by atoms with van der Waals surface area (Å²) in [5.41, 5.74) is 1.15. The maximum Gasteiger partial charge on any atom is 0.251 e. The highest BCUT2D eigenvalue weighted by atomic mass is 16.3. The van der Waals surface area contributed by atoms with Crippen LogP contribution in [0.5, 0.6) is 5.75 Å². The fraction of sp³-hybridized carbons (Fsp3) is 0.308. The first kappa shape index (κ1) is 13.1. The maximum absolute atomic E-state index is 12.0. The third kappa shape index (κ3) is 2.73. The first-order chi connectivity index (χ1) is 8.99. The summed E-state index contributed by atoms with van der Waals surface area (Å²) >= 11 is 0. The monoisotopic (exact) mass is 260 g/mol. The molecule has 0 radical (unpaired) electrons. The number of rotatable bonds is 3. The molecule has 6 nitrogen and oxygen atoms in total. The van der Waals surface area contributed by atoms with Crippen LogP contribution in [0.1, 0.15) is 34.7 Å². The van der Waals surface area contributed by atoms with Gasteiger partial charge in [-0.3, -0.25) is 4.79 Å². The normalized spacial score (nSPS) is 12.2. The number of carbonyl (C=O) groups excluding carboxylic acids is 1. The summed E-state index contributed by atoms with van der Waals surface area (Å²) in [7, 11) is 1.82. The summed E-state index contributed by atoms with van der Waals surface area (Å²) in [5, 5.41) is 20.1. The second kappa shape index (κ2) is 5.09. The van der Waals surface area contributed by atoms with Gasteiger partial charge in [0.15, 0.2) is 5.82 Å². The molecule has 2 N–H and O–H groups in total. The van der Waals surface area contributed by atoms with E-state index in [4.69, 9.17) is 0 Å². The quantitative estimate of drug-likeness (QED) is 0.872. The highest BCUT2D eigenvalue weighted by Crippen LogP contribution is 2.18. The SMILES string of the molecule is Cc1ccc(C(=O)NC(C)c2nncn2C)cc1O. The zero-order valence-electron chi connectivity index (χ0n) is 11.1. The molecule has 1 aromatic carbocycles. The second-order valence-electron chi connectivity index (χ2n) is 4.50. The minimum absolute atomic E-state index is 0.110. The standard InChI is InChI=1S/C13H16N4O2/c1-8-4-5-10(6-11(8)18)13(19)15-9(2)12-16-14-7-17(12)3/h4-7,9,18H,1-3H3,(H,15,19). The molecule has 100 valence electrons. The number of carbonyl (C=O) groups is 1. The van der Waals surface area contributed by atoms with Gasteiger partial charge < -0.3 is 15.0 Å². The topological polar surface area (TPSA) is 80.0 Å². The van der Waals surface area contributed by atoms with E-state index >= 15 is 0 Å². The van der Waals surface area contributed by atoms with Crippen LogP contribution in [0.2, 0.25) is 0 Å². The number of aromatic hydroxyl groups is 1. The fourth-order valence-electron chi connectivity index (χ4n) is 1.78. The summed E-state index contributed by atoms with van der Waals surface area (Å²) in [5.74, 6) is 0.523. The average Bonchev–Trinajstić information content (AvgIpc) is 2.79. The Labute approximate surface area is 111 Å². The molecule has 2 aromatic rings. The van der Waals surface area contributed by atoms with Crippen LogP contribution < -0.4 is 5.32 Å². The largest absolute Gasteiger partial charge is 0.508 e. The van der Waals surface area contributed by atoms with Gasteiger partial charge in [0.1, 0.15) is 12.1 Å². The summed E-state index contributed by atoms with van der Waals surface area (Å²) < 4.78 is 1.75. The van der Waals surface area contributed by atoms with Crippen molar-refractivity contribution in [3.63, 3.8) is 0 Å². The van der Waals surface area contributed by atoms with Crippen LogP contribution in [0, 0.1) is 6.92 Å². The fourth-order valence-corrected chi connectivity index (χ4v) is 1.78. The predicted molar refractivity (Wildman–Crippen MR) is 69.7 cm³/mol. The van der Waals surface area contributed by atoms with Gasteiger partial charge >= 0.3 is 0 Å². The zero-order valence-corrected chi connectivity index (χ0v) is 11.1. The van der Waals surface area contributed by atoms with Gasteiger partial charge in [-0.15, -0.1) is 10.2 Å². The van der Waals surface area contributed by atoms with Crippen LogP contribution in [0.3, 0.4) is 0 Å². The van der Waals surface area contributed by atoms with Gasteiger partial charge in [0.25, 0.3) is 5.91 Å². The lowest BCUT2D eigenvalue weighted by Gasteiger charge is -2.13. The third-order valence-corrected chi connectivity index (χ3v) is 2.95. The first-order valence-electron chi connectivity index (χ1n) is 5.93. The highest BCUT2D eigenvalue weighted by molar-refractivity contribution is 5.94. The minimum atomic E-state index is -0.261. The predicted octanol–water partition coefficient (Wildman–Crippen LogP) is 1.32. The van der Waals surface area contributed by atoms with Crippen molar-refractivity contribution in [2.45, 2.75) is 19.9 Å². The van der Waals surface area contributed by atoms with E-state index in [0.29, 0.717) is 11.4 Å². The average molecular weight is 260 g/mol. The van der Waals surface area contributed by atoms with Crippen LogP contribution in [0.15, 0.2) is 24.5 Å². The maximum atomic E-state index is 12.0. The molecule has 0 saturated heterocycles. The number of hydrogen-bond donors (Lipinski definition) is 2. The van der Waals surface area contributed by atoms with Gasteiger partial charge in [0.05, 0.1) is 6.04 Å². The summed E-state index contributed by atoms with van der Waals surface area (Å²) in [4.78, 5) is 12.0. The molecule has 6 heteroatoms. The molecule has 1 aromatic heterocycles. The second-order valence-corrected chi connectivity index (χ2v) is 4.50. The van der Waals surface area contributed by atoms with Gasteiger partial charge in [-0.05, 0) is 31.5 Å². The molecule has 2 rings (SSSR count). The molecule has 0 saturated carbocycles. The number of aryl methyl sites for hydroxylation is 2. The number of phenolic OH excluding ortho intramolecular Hbond substituents is 1. The molecular weight excluding hydrogens is 244 g/mol. The van der Waals surface area contributed by atoms with Gasteiger partial charge in [0.2, 0.25) is 0 Å². The number of hydrogen-bond acceptors (Lipinski definition) is 4. The smallest absolute Gasteiger partial charge is 0.251 e. The van der Waals surface area contributed by atoms with Crippen LogP contribution in [0.4, 0.5) is 0 Å². The Kier molecular flexibility index (Phi) is 3.50. The molecule has 0 spiro atoms. The Balaban J connectivity index is 2.13. The van der Waals surface area contributed by atoms with Crippen molar-refractivity contribution >= 4 is 5.91 Å². The number of phenols is 1. The first-order valence-corrected chi connectivity index (χ1v) is 5.93. The van der Waals surface area contributed by atoms with E-state index in [2.05, 4.69) is 15.5 Å². The van der Waals surface area contributed by atoms with E-state index in [-0.39, 0.29) is 17.7 Å². The lowest BCUT2D eigenvalue weighted by Crippen LogP contribution is -2.28. The Bertz CT molecular complexity index is 606. The lowest BCUT2D eigenvalue weighted by molar-refractivity contribution is 0.0937. The molecular formula is C13H16N4O2. The molecule has 0 bridgehead atoms. The lowest BCUT2D eigenvalue weighted by atomic mass is 10.1. The van der Waals surface area contributed by atoms with Crippen molar-refractivity contribution in [1.82, 2.24) is 20.1 Å². The van der Waals surface area contributed by atoms with E-state index in [0.717, 1.165) is 5.56 Å². The Morgan fingerprint density at radius 3 is 2.79 bits per heavy atom. The van der Waals surface area contributed by atoms with Crippen molar-refractivity contribution in [2.75, 3.05) is 0 Å². The Morgan fingerprint density at radius 2 is 2.21 bits per heavy atom. The van der Waals surface area contributed by atoms with Gasteiger partial charge in [0, 0.05) is 12.6 Å². The summed E-state index contributed by atoms with van der Waals surface area (Å²) in [6.07, 6.45) is 1.58. The van der Waals surface area contributed by atoms with Crippen LogP contribution in [0.25, 0.3) is 0 Å². The van der Waals surface area contributed by atoms with E-state index in [1.807, 2.05) is 14.0 Å². The number of benzene rings is 1. The molecule has 0 fully saturated rings. The van der Waals surface area contributed by atoms with E-state index in [9.17, 15) is 9.90 Å². The van der Waals surface area contributed by atoms with Crippen LogP contribution in [-0.2, 0) is 7.05 Å². The molecule has 1 amide bonds. The third-order valence-electron chi connectivity index (χ3n) is 2.95. The van der Waals surface area contributed by atoms with E-state index in [1.54, 1.807) is 30.0 Å². The minimum Gasteiger partial charge on any atom is -0.508 e. The zero-order chi connectivity index (χ0) is 14.0. The molecule has 0 aliphatic rings. The van der Waals surface area contributed by atoms with Crippen molar-refractivity contribution in [1.29, 1.82) is 0 Å². The molecule has 1 heterocycles. The summed E-state index contributed by atoms with van der Waals surface area (Å²) in [6.45, 7) is 3.61. The number of nitrogens with zero attached hydrogens (tertiary/aromatic N) is 3. The Morgan fingerprint density at radius 1 is 1.47 bits per heavy atom. The molecule has 1 unspecified atom stereocenters. The number of aromatic nitrogens is 3. The number of nitrogens with one attached hydrogen (secondary N) is 1. The molecule has 1 atom stereocenters. The molecule has 0 aliphatic heterocycles. The van der Waals surface area contributed by atoms with Gasteiger partial charge in [-0.1, -0.05) is 6.07 Å². The highest BCUT2D eigenvalue weighted by Gasteiger charge is 2.15. The Hall–Kier alpha value is -2.37. The van der Waals surface area contributed by atoms with Gasteiger partial charge in [-0.25, -0.2) is 0 Å². The van der Waals surface area contributed by atoms with Crippen LogP contribution >= 0.6 is 0 Å². The number of amides is 1. The van der Waals surface area contributed by atoms with Crippen LogP contribution in [-0.4, -0.2) is 25.8 Å². The van der Waals surface area contributed by atoms with Crippen molar-refractivity contribution in [2.24, 2.45) is 7.05 Å². The van der Waals surface area contributed by atoms with Crippen molar-refractivity contribution < 1.29 is 9.90 Å². The van der Waals surface area contributed by atoms with E-state index < -0.39 is 0 Å². The van der Waals surface area contributed by atoms with Gasteiger partial charge in [-0.2, -0.15) is 0 Å². The van der Waals surface area contributed by atoms with Crippen molar-refractivity contribution in [3.8, 4) is 5.75 Å².